The summed E-state index contributed by atoms with van der Waals surface area (Å²) < 4.78 is 5.98. The number of hydroxylamine groups is 1. The van der Waals surface area contributed by atoms with Crippen molar-refractivity contribution >= 4 is 23.4 Å². The summed E-state index contributed by atoms with van der Waals surface area (Å²) >= 11 is 5.93. The highest BCUT2D eigenvalue weighted by atomic mass is 35.5. The number of aliphatic hydroxyl groups is 1. The number of carbonyl (C=O) groups excluding carboxylic acids is 1. The fourth-order valence-corrected chi connectivity index (χ4v) is 2.91. The Hall–Kier alpha value is -2.94. The first-order valence-corrected chi connectivity index (χ1v) is 8.28. The second-order valence-electron chi connectivity index (χ2n) is 5.49. The van der Waals surface area contributed by atoms with Crippen LogP contribution in [0.15, 0.2) is 60.8 Å². The SMILES string of the molecule is COC(=O)N(OC)c1ccccc1C(O)(c1ccccc1)n1cc(Cl)nn1. The average molecular weight is 389 g/mol. The number of halogens is 1. The van der Waals surface area contributed by atoms with E-state index in [-0.39, 0.29) is 10.8 Å². The van der Waals surface area contributed by atoms with Gasteiger partial charge in [-0.05, 0) is 6.07 Å². The lowest BCUT2D eigenvalue weighted by Gasteiger charge is -2.32. The van der Waals surface area contributed by atoms with Crippen molar-refractivity contribution in [2.24, 2.45) is 0 Å². The third-order valence-electron chi connectivity index (χ3n) is 3.99. The number of aromatic nitrogens is 3. The summed E-state index contributed by atoms with van der Waals surface area (Å²) in [4.78, 5) is 17.3. The molecule has 0 radical (unpaired) electrons. The molecule has 0 aliphatic heterocycles. The summed E-state index contributed by atoms with van der Waals surface area (Å²) in [5.41, 5.74) is -0.752. The number of ether oxygens (including phenoxy) is 1. The van der Waals surface area contributed by atoms with E-state index in [0.717, 1.165) is 5.06 Å². The van der Waals surface area contributed by atoms with E-state index < -0.39 is 11.8 Å². The molecule has 0 fully saturated rings. The van der Waals surface area contributed by atoms with Gasteiger partial charge in [0.15, 0.2) is 5.15 Å². The van der Waals surface area contributed by atoms with Gasteiger partial charge in [-0.2, -0.15) is 5.06 Å². The summed E-state index contributed by atoms with van der Waals surface area (Å²) in [6, 6.07) is 15.5. The number of para-hydroxylation sites is 1. The molecule has 0 bridgehead atoms. The van der Waals surface area contributed by atoms with Crippen LogP contribution < -0.4 is 5.06 Å². The normalized spacial score (nSPS) is 13.0. The molecule has 140 valence electrons. The molecular formula is C18H17ClN4O4. The largest absolute Gasteiger partial charge is 0.451 e. The molecule has 1 N–H and O–H groups in total. The van der Waals surface area contributed by atoms with Crippen LogP contribution in [-0.4, -0.2) is 40.4 Å². The molecular weight excluding hydrogens is 372 g/mol. The molecule has 8 nitrogen and oxygen atoms in total. The van der Waals surface area contributed by atoms with Gasteiger partial charge in [0.1, 0.15) is 0 Å². The Balaban J connectivity index is 2.28. The van der Waals surface area contributed by atoms with Gasteiger partial charge in [-0.3, -0.25) is 4.84 Å². The van der Waals surface area contributed by atoms with Gasteiger partial charge in [-0.15, -0.1) is 5.10 Å². The van der Waals surface area contributed by atoms with E-state index in [2.05, 4.69) is 10.3 Å². The van der Waals surface area contributed by atoms with E-state index in [0.29, 0.717) is 11.1 Å². The number of amides is 1. The minimum atomic E-state index is -1.82. The molecule has 1 amide bonds. The molecule has 1 aromatic heterocycles. The first-order valence-electron chi connectivity index (χ1n) is 7.90. The van der Waals surface area contributed by atoms with Crippen molar-refractivity contribution in [1.82, 2.24) is 15.0 Å². The highest BCUT2D eigenvalue weighted by molar-refractivity contribution is 6.29. The first-order chi connectivity index (χ1) is 13.0. The Bertz CT molecular complexity index is 934. The maximum absolute atomic E-state index is 12.1. The smallest absolute Gasteiger partial charge is 0.438 e. The zero-order valence-electron chi connectivity index (χ0n) is 14.6. The van der Waals surface area contributed by atoms with Crippen LogP contribution in [0.5, 0.6) is 0 Å². The lowest BCUT2D eigenvalue weighted by atomic mass is 9.93. The highest BCUT2D eigenvalue weighted by Crippen LogP contribution is 2.37. The zero-order chi connectivity index (χ0) is 19.4. The van der Waals surface area contributed by atoms with Crippen molar-refractivity contribution in [3.63, 3.8) is 0 Å². The van der Waals surface area contributed by atoms with Gasteiger partial charge in [0, 0.05) is 11.1 Å². The first kappa shape index (κ1) is 18.8. The molecule has 1 unspecified atom stereocenters. The third-order valence-corrected chi connectivity index (χ3v) is 4.17. The second-order valence-corrected chi connectivity index (χ2v) is 5.88. The van der Waals surface area contributed by atoms with Crippen LogP contribution in [0.25, 0.3) is 0 Å². The molecule has 3 rings (SSSR count). The number of methoxy groups -OCH3 is 1. The summed E-state index contributed by atoms with van der Waals surface area (Å²) in [7, 11) is 2.55. The van der Waals surface area contributed by atoms with Crippen LogP contribution in [-0.2, 0) is 15.3 Å². The Morgan fingerprint density at radius 3 is 2.41 bits per heavy atom. The number of rotatable bonds is 5. The molecule has 27 heavy (non-hydrogen) atoms. The lowest BCUT2D eigenvalue weighted by molar-refractivity contribution is 0.0328. The van der Waals surface area contributed by atoms with Crippen LogP contribution in [0, 0.1) is 0 Å². The zero-order valence-corrected chi connectivity index (χ0v) is 15.4. The molecule has 0 aliphatic rings. The molecule has 1 heterocycles. The van der Waals surface area contributed by atoms with E-state index in [9.17, 15) is 9.90 Å². The molecule has 0 spiro atoms. The van der Waals surface area contributed by atoms with Crippen molar-refractivity contribution in [2.45, 2.75) is 5.72 Å². The van der Waals surface area contributed by atoms with Crippen molar-refractivity contribution in [3.05, 3.63) is 77.1 Å². The predicted octanol–water partition coefficient (Wildman–Crippen LogP) is 2.81. The quantitative estimate of drug-likeness (QED) is 0.676. The van der Waals surface area contributed by atoms with Crippen molar-refractivity contribution in [1.29, 1.82) is 0 Å². The molecule has 3 aromatic rings. The topological polar surface area (TPSA) is 89.7 Å². The van der Waals surface area contributed by atoms with Crippen LogP contribution >= 0.6 is 11.6 Å². The average Bonchev–Trinajstić information content (AvgIpc) is 3.15. The van der Waals surface area contributed by atoms with Crippen molar-refractivity contribution in [2.75, 3.05) is 19.3 Å². The van der Waals surface area contributed by atoms with Crippen molar-refractivity contribution < 1.29 is 19.5 Å². The van der Waals surface area contributed by atoms with Gasteiger partial charge in [0.2, 0.25) is 5.72 Å². The van der Waals surface area contributed by atoms with Gasteiger partial charge in [-0.25, -0.2) is 9.48 Å². The van der Waals surface area contributed by atoms with Crippen LogP contribution in [0.2, 0.25) is 5.15 Å². The minimum Gasteiger partial charge on any atom is -0.451 e. The fourth-order valence-electron chi connectivity index (χ4n) is 2.78. The Morgan fingerprint density at radius 2 is 1.81 bits per heavy atom. The number of hydrogen-bond acceptors (Lipinski definition) is 6. The summed E-state index contributed by atoms with van der Waals surface area (Å²) in [6.45, 7) is 0. The number of anilines is 1. The lowest BCUT2D eigenvalue weighted by Crippen LogP contribution is -2.40. The molecule has 0 aliphatic carbocycles. The van der Waals surface area contributed by atoms with Crippen LogP contribution in [0.4, 0.5) is 10.5 Å². The Labute approximate surface area is 160 Å². The summed E-state index contributed by atoms with van der Waals surface area (Å²) in [5, 5.41) is 20.5. The Kier molecular flexibility index (Phi) is 5.41. The van der Waals surface area contributed by atoms with E-state index in [4.69, 9.17) is 21.2 Å². The molecule has 2 aromatic carbocycles. The van der Waals surface area contributed by atoms with Gasteiger partial charge >= 0.3 is 6.09 Å². The molecule has 0 saturated heterocycles. The second kappa shape index (κ2) is 7.75. The molecule has 1 atom stereocenters. The maximum Gasteiger partial charge on any atom is 0.438 e. The van der Waals surface area contributed by atoms with Gasteiger partial charge in [0.25, 0.3) is 0 Å². The summed E-state index contributed by atoms with van der Waals surface area (Å²) in [6.07, 6.45) is 0.637. The van der Waals surface area contributed by atoms with E-state index in [1.165, 1.54) is 25.1 Å². The highest BCUT2D eigenvalue weighted by Gasteiger charge is 2.39. The Morgan fingerprint density at radius 1 is 1.15 bits per heavy atom. The van der Waals surface area contributed by atoms with Crippen LogP contribution in [0.3, 0.4) is 0 Å². The van der Waals surface area contributed by atoms with Gasteiger partial charge in [0.05, 0.1) is 26.1 Å². The maximum atomic E-state index is 12.1. The van der Waals surface area contributed by atoms with E-state index in [1.807, 2.05) is 6.07 Å². The van der Waals surface area contributed by atoms with Crippen LogP contribution in [0.1, 0.15) is 11.1 Å². The van der Waals surface area contributed by atoms with Crippen molar-refractivity contribution in [3.8, 4) is 0 Å². The van der Waals surface area contributed by atoms with Gasteiger partial charge in [-0.1, -0.05) is 65.3 Å². The fraction of sp³-hybridized carbons (Fsp3) is 0.167. The van der Waals surface area contributed by atoms with E-state index in [1.54, 1.807) is 48.5 Å². The third kappa shape index (κ3) is 3.37. The van der Waals surface area contributed by atoms with E-state index >= 15 is 0 Å². The number of hydrogen-bond donors (Lipinski definition) is 1. The minimum absolute atomic E-state index is 0.110. The number of nitrogens with zero attached hydrogens (tertiary/aromatic N) is 4. The number of carbonyl (C=O) groups is 1. The molecule has 9 heteroatoms. The number of benzene rings is 2. The predicted molar refractivity (Wildman–Crippen MR) is 98.2 cm³/mol. The summed E-state index contributed by atoms with van der Waals surface area (Å²) in [5.74, 6) is 0. The molecule has 0 saturated carbocycles. The van der Waals surface area contributed by atoms with Gasteiger partial charge < -0.3 is 9.84 Å². The monoisotopic (exact) mass is 388 g/mol. The standard InChI is InChI=1S/C18H17ClN4O4/c1-26-17(24)23(27-2)15-11-7-6-10-14(15)18(25,13-8-4-3-5-9-13)22-12-16(19)20-21-22/h3-12,25H,1-2H3.